The first kappa shape index (κ1) is 18.6. The molecule has 0 bridgehead atoms. The van der Waals surface area contributed by atoms with Gasteiger partial charge in [-0.05, 0) is 62.1 Å². The molecule has 0 atom stereocenters. The number of benzene rings is 1. The number of hydrogen-bond acceptors (Lipinski definition) is 4. The van der Waals surface area contributed by atoms with E-state index in [2.05, 4.69) is 10.3 Å². The third-order valence-corrected chi connectivity index (χ3v) is 6.67. The highest BCUT2D eigenvalue weighted by Gasteiger charge is 2.21. The smallest absolute Gasteiger partial charge is 0.253 e. The van der Waals surface area contributed by atoms with Gasteiger partial charge in [0.15, 0.2) is 5.03 Å². The molecule has 1 heterocycles. The molecule has 1 aromatic heterocycles. The number of carbonyl (C=O) groups excluding carboxylic acids is 1. The molecule has 1 amide bonds. The second-order valence-corrected chi connectivity index (χ2v) is 8.84. The fourth-order valence-electron chi connectivity index (χ4n) is 3.19. The maximum atomic E-state index is 12.7. The summed E-state index contributed by atoms with van der Waals surface area (Å²) in [5.41, 5.74) is 2.33. The van der Waals surface area contributed by atoms with E-state index in [0.717, 1.165) is 36.8 Å². The predicted molar refractivity (Wildman–Crippen MR) is 99.9 cm³/mol. The van der Waals surface area contributed by atoms with Crippen molar-refractivity contribution in [2.75, 3.05) is 0 Å². The van der Waals surface area contributed by atoms with Crippen LogP contribution in [0.25, 0.3) is 0 Å². The van der Waals surface area contributed by atoms with Crippen LogP contribution in [0.4, 0.5) is 0 Å². The predicted octanol–water partition coefficient (Wildman–Crippen LogP) is 3.59. The molecule has 1 fully saturated rings. The summed E-state index contributed by atoms with van der Waals surface area (Å²) < 4.78 is 25.5. The molecule has 5 nitrogen and oxygen atoms in total. The molecular weight excluding hydrogens is 348 g/mol. The van der Waals surface area contributed by atoms with E-state index < -0.39 is 9.84 Å². The molecule has 6 heteroatoms. The first-order valence-corrected chi connectivity index (χ1v) is 10.5. The summed E-state index contributed by atoms with van der Waals surface area (Å²) in [6.45, 7) is 3.81. The third-order valence-electron chi connectivity index (χ3n) is 5.00. The van der Waals surface area contributed by atoms with E-state index in [0.29, 0.717) is 5.56 Å². The number of nitrogens with one attached hydrogen (secondary N) is 1. The van der Waals surface area contributed by atoms with Gasteiger partial charge in [0.1, 0.15) is 0 Å². The van der Waals surface area contributed by atoms with Gasteiger partial charge in [0.2, 0.25) is 9.84 Å². The van der Waals surface area contributed by atoms with Crippen molar-refractivity contribution in [3.63, 3.8) is 0 Å². The van der Waals surface area contributed by atoms with Gasteiger partial charge in [0.05, 0.1) is 10.5 Å². The number of aryl methyl sites for hydroxylation is 2. The Morgan fingerprint density at radius 2 is 1.77 bits per heavy atom. The van der Waals surface area contributed by atoms with E-state index >= 15 is 0 Å². The van der Waals surface area contributed by atoms with Crippen LogP contribution >= 0.6 is 0 Å². The van der Waals surface area contributed by atoms with Crippen molar-refractivity contribution < 1.29 is 13.2 Å². The summed E-state index contributed by atoms with van der Waals surface area (Å²) in [6.07, 6.45) is 6.83. The van der Waals surface area contributed by atoms with Gasteiger partial charge >= 0.3 is 0 Å². The standard InChI is InChI=1S/C20H24N2O3S/c1-14-8-10-18(12-15(14)2)26(24,25)19-11-9-16(13-21-19)20(23)22-17-6-4-3-5-7-17/h8-13,17H,3-7H2,1-2H3,(H,22,23). The zero-order valence-corrected chi connectivity index (χ0v) is 16.0. The molecule has 2 aromatic rings. The Hall–Kier alpha value is -2.21. The Morgan fingerprint density at radius 3 is 2.38 bits per heavy atom. The largest absolute Gasteiger partial charge is 0.349 e. The molecule has 1 aromatic carbocycles. The molecule has 0 spiro atoms. The molecule has 138 valence electrons. The molecule has 1 N–H and O–H groups in total. The van der Waals surface area contributed by atoms with E-state index in [9.17, 15) is 13.2 Å². The Bertz CT molecular complexity index is 899. The number of carbonyl (C=O) groups is 1. The van der Waals surface area contributed by atoms with Gasteiger partial charge in [-0.15, -0.1) is 0 Å². The van der Waals surface area contributed by atoms with Gasteiger partial charge in [-0.3, -0.25) is 4.79 Å². The topological polar surface area (TPSA) is 76.1 Å². The number of pyridine rings is 1. The second kappa shape index (κ2) is 7.58. The molecule has 0 aliphatic heterocycles. The number of rotatable bonds is 4. The van der Waals surface area contributed by atoms with E-state index in [-0.39, 0.29) is 21.9 Å². The number of hydrogen-bond donors (Lipinski definition) is 1. The van der Waals surface area contributed by atoms with E-state index in [1.54, 1.807) is 18.2 Å². The van der Waals surface area contributed by atoms with Crippen LogP contribution in [0.15, 0.2) is 46.5 Å². The van der Waals surface area contributed by atoms with Gasteiger partial charge in [0, 0.05) is 12.2 Å². The van der Waals surface area contributed by atoms with Crippen LogP contribution in [0, 0.1) is 13.8 Å². The quantitative estimate of drug-likeness (QED) is 0.890. The lowest BCUT2D eigenvalue weighted by Gasteiger charge is -2.22. The number of amides is 1. The fourth-order valence-corrected chi connectivity index (χ4v) is 4.45. The third kappa shape index (κ3) is 3.96. The van der Waals surface area contributed by atoms with Crippen molar-refractivity contribution in [3.05, 3.63) is 53.2 Å². The van der Waals surface area contributed by atoms with Crippen molar-refractivity contribution in [1.82, 2.24) is 10.3 Å². The van der Waals surface area contributed by atoms with Crippen LogP contribution in [0.1, 0.15) is 53.6 Å². The summed E-state index contributed by atoms with van der Waals surface area (Å²) >= 11 is 0. The van der Waals surface area contributed by atoms with Crippen molar-refractivity contribution in [1.29, 1.82) is 0 Å². The van der Waals surface area contributed by atoms with E-state index in [1.165, 1.54) is 24.8 Å². The minimum atomic E-state index is -3.69. The van der Waals surface area contributed by atoms with Crippen molar-refractivity contribution in [2.45, 2.75) is 61.9 Å². The Kier molecular flexibility index (Phi) is 5.41. The first-order chi connectivity index (χ1) is 12.4. The molecule has 1 aliphatic carbocycles. The Balaban J connectivity index is 1.77. The summed E-state index contributed by atoms with van der Waals surface area (Å²) in [7, 11) is -3.69. The molecule has 0 unspecified atom stereocenters. The van der Waals surface area contributed by atoms with Crippen LogP contribution < -0.4 is 5.32 Å². The van der Waals surface area contributed by atoms with Crippen LogP contribution in [-0.2, 0) is 9.84 Å². The highest BCUT2D eigenvalue weighted by molar-refractivity contribution is 7.91. The SMILES string of the molecule is Cc1ccc(S(=O)(=O)c2ccc(C(=O)NC3CCCCC3)cn2)cc1C. The Labute approximate surface area is 154 Å². The van der Waals surface area contributed by atoms with Crippen LogP contribution in [0.3, 0.4) is 0 Å². The fraction of sp³-hybridized carbons (Fsp3) is 0.400. The van der Waals surface area contributed by atoms with Gasteiger partial charge < -0.3 is 5.32 Å². The van der Waals surface area contributed by atoms with Crippen molar-refractivity contribution >= 4 is 15.7 Å². The molecule has 26 heavy (non-hydrogen) atoms. The zero-order chi connectivity index (χ0) is 18.7. The molecule has 1 aliphatic rings. The number of aromatic nitrogens is 1. The number of nitrogens with zero attached hydrogens (tertiary/aromatic N) is 1. The second-order valence-electron chi connectivity index (χ2n) is 6.94. The minimum Gasteiger partial charge on any atom is -0.349 e. The summed E-state index contributed by atoms with van der Waals surface area (Å²) in [5, 5.41) is 2.96. The maximum absolute atomic E-state index is 12.7. The summed E-state index contributed by atoms with van der Waals surface area (Å²) in [4.78, 5) is 16.6. The molecule has 0 radical (unpaired) electrons. The van der Waals surface area contributed by atoms with Crippen LogP contribution in [-0.4, -0.2) is 25.4 Å². The van der Waals surface area contributed by atoms with Crippen LogP contribution in [0.2, 0.25) is 0 Å². The molecular formula is C20H24N2O3S. The molecule has 0 saturated heterocycles. The number of sulfone groups is 1. The lowest BCUT2D eigenvalue weighted by molar-refractivity contribution is 0.0927. The average molecular weight is 372 g/mol. The molecule has 1 saturated carbocycles. The minimum absolute atomic E-state index is 0.0463. The lowest BCUT2D eigenvalue weighted by atomic mass is 9.95. The zero-order valence-electron chi connectivity index (χ0n) is 15.2. The lowest BCUT2D eigenvalue weighted by Crippen LogP contribution is -2.36. The maximum Gasteiger partial charge on any atom is 0.253 e. The summed E-state index contributed by atoms with van der Waals surface area (Å²) in [6, 6.07) is 8.15. The van der Waals surface area contributed by atoms with Gasteiger partial charge in [-0.1, -0.05) is 25.3 Å². The van der Waals surface area contributed by atoms with E-state index in [4.69, 9.17) is 0 Å². The Morgan fingerprint density at radius 1 is 1.04 bits per heavy atom. The summed E-state index contributed by atoms with van der Waals surface area (Å²) in [5.74, 6) is -0.195. The average Bonchev–Trinajstić information content (AvgIpc) is 2.65. The molecule has 3 rings (SSSR count). The van der Waals surface area contributed by atoms with Gasteiger partial charge in [0.25, 0.3) is 5.91 Å². The monoisotopic (exact) mass is 372 g/mol. The normalized spacial score (nSPS) is 15.6. The van der Waals surface area contributed by atoms with Crippen LogP contribution in [0.5, 0.6) is 0 Å². The first-order valence-electron chi connectivity index (χ1n) is 8.97. The van der Waals surface area contributed by atoms with Gasteiger partial charge in [-0.25, -0.2) is 13.4 Å². The van der Waals surface area contributed by atoms with E-state index in [1.807, 2.05) is 13.8 Å². The van der Waals surface area contributed by atoms with Gasteiger partial charge in [-0.2, -0.15) is 0 Å². The highest BCUT2D eigenvalue weighted by atomic mass is 32.2. The van der Waals surface area contributed by atoms with Crippen molar-refractivity contribution in [2.24, 2.45) is 0 Å². The highest BCUT2D eigenvalue weighted by Crippen LogP contribution is 2.22. The van der Waals surface area contributed by atoms with Crippen molar-refractivity contribution in [3.8, 4) is 0 Å².